The van der Waals surface area contributed by atoms with E-state index in [9.17, 15) is 0 Å². The maximum absolute atomic E-state index is 5.68. The summed E-state index contributed by atoms with van der Waals surface area (Å²) in [6.07, 6.45) is 3.53. The third-order valence-electron chi connectivity index (χ3n) is 1.43. The molecule has 0 saturated carbocycles. The Hall–Kier alpha value is -1.57. The predicted octanol–water partition coefficient (Wildman–Crippen LogP) is 1.93. The van der Waals surface area contributed by atoms with E-state index < -0.39 is 0 Å². The molecule has 1 aromatic rings. The zero-order valence-corrected chi connectivity index (χ0v) is 7.07. The van der Waals surface area contributed by atoms with Gasteiger partial charge in [-0.05, 0) is 6.92 Å². The van der Waals surface area contributed by atoms with Crippen LogP contribution in [0, 0.1) is 0 Å². The second kappa shape index (κ2) is 4.34. The first-order valence-electron chi connectivity index (χ1n) is 3.84. The van der Waals surface area contributed by atoms with Crippen molar-refractivity contribution in [2.45, 2.75) is 6.92 Å². The molecule has 0 radical (unpaired) electrons. The van der Waals surface area contributed by atoms with Crippen LogP contribution in [0.1, 0.15) is 12.5 Å². The van der Waals surface area contributed by atoms with Gasteiger partial charge in [-0.2, -0.15) is 0 Å². The summed E-state index contributed by atoms with van der Waals surface area (Å²) in [5.41, 5.74) is 6.63. The van der Waals surface area contributed by atoms with Gasteiger partial charge in [-0.25, -0.2) is 4.99 Å². The molecule has 0 aromatic heterocycles. The molecule has 12 heavy (non-hydrogen) atoms. The van der Waals surface area contributed by atoms with Crippen molar-refractivity contribution in [3.63, 3.8) is 0 Å². The lowest BCUT2D eigenvalue weighted by molar-refractivity contribution is 1.45. The quantitative estimate of drug-likeness (QED) is 0.521. The Morgan fingerprint density at radius 2 is 2.00 bits per heavy atom. The van der Waals surface area contributed by atoms with Crippen molar-refractivity contribution in [3.05, 3.63) is 48.2 Å². The first-order chi connectivity index (χ1) is 5.84. The van der Waals surface area contributed by atoms with Gasteiger partial charge in [-0.15, -0.1) is 0 Å². The summed E-state index contributed by atoms with van der Waals surface area (Å²) in [5.74, 6) is 0.550. The Bertz CT molecular complexity index is 286. The number of amidine groups is 1. The highest BCUT2D eigenvalue weighted by atomic mass is 14.8. The van der Waals surface area contributed by atoms with Crippen molar-refractivity contribution in [2.24, 2.45) is 10.7 Å². The van der Waals surface area contributed by atoms with Crippen molar-refractivity contribution < 1.29 is 0 Å². The van der Waals surface area contributed by atoms with E-state index in [1.807, 2.05) is 43.3 Å². The minimum Gasteiger partial charge on any atom is -0.383 e. The van der Waals surface area contributed by atoms with Gasteiger partial charge in [0.05, 0.1) is 0 Å². The maximum Gasteiger partial charge on any atom is 0.130 e. The number of benzene rings is 1. The number of rotatable bonds is 2. The maximum atomic E-state index is 5.68. The molecular formula is C10H12N2. The van der Waals surface area contributed by atoms with Crippen LogP contribution in [0.15, 0.2) is 47.6 Å². The fourth-order valence-electron chi connectivity index (χ4n) is 0.838. The highest BCUT2D eigenvalue weighted by Gasteiger charge is 1.92. The molecule has 0 heterocycles. The van der Waals surface area contributed by atoms with Crippen molar-refractivity contribution >= 4 is 5.84 Å². The lowest BCUT2D eigenvalue weighted by atomic mass is 10.2. The van der Waals surface area contributed by atoms with Gasteiger partial charge in [0, 0.05) is 11.8 Å². The average molecular weight is 160 g/mol. The number of nitrogens with two attached hydrogens (primary N) is 1. The minimum atomic E-state index is 0.550. The molecule has 1 aromatic carbocycles. The fraction of sp³-hybridized carbons (Fsp3) is 0.100. The molecule has 62 valence electrons. The molecular weight excluding hydrogens is 148 g/mol. The van der Waals surface area contributed by atoms with E-state index in [-0.39, 0.29) is 0 Å². The van der Waals surface area contributed by atoms with Crippen molar-refractivity contribution in [3.8, 4) is 0 Å². The fourth-order valence-corrected chi connectivity index (χ4v) is 0.838. The van der Waals surface area contributed by atoms with Crippen LogP contribution in [0.4, 0.5) is 0 Å². The molecule has 0 aliphatic carbocycles. The van der Waals surface area contributed by atoms with Crippen LogP contribution in [0.3, 0.4) is 0 Å². The SMILES string of the molecule is C/C=C/N=C(N)c1ccccc1. The summed E-state index contributed by atoms with van der Waals surface area (Å²) < 4.78 is 0. The van der Waals surface area contributed by atoms with Crippen molar-refractivity contribution in [1.29, 1.82) is 0 Å². The zero-order valence-electron chi connectivity index (χ0n) is 7.07. The van der Waals surface area contributed by atoms with Crippen molar-refractivity contribution in [2.75, 3.05) is 0 Å². The molecule has 0 unspecified atom stereocenters. The molecule has 2 N–H and O–H groups in total. The van der Waals surface area contributed by atoms with Gasteiger partial charge in [0.25, 0.3) is 0 Å². The highest BCUT2D eigenvalue weighted by Crippen LogP contribution is 1.97. The normalized spacial score (nSPS) is 12.2. The third-order valence-corrected chi connectivity index (χ3v) is 1.43. The van der Waals surface area contributed by atoms with E-state index >= 15 is 0 Å². The first kappa shape index (κ1) is 8.53. The number of hydrogen-bond donors (Lipinski definition) is 1. The van der Waals surface area contributed by atoms with Crippen LogP contribution in [0.5, 0.6) is 0 Å². The topological polar surface area (TPSA) is 38.4 Å². The zero-order chi connectivity index (χ0) is 8.81. The van der Waals surface area contributed by atoms with Crippen LogP contribution < -0.4 is 5.73 Å². The highest BCUT2D eigenvalue weighted by molar-refractivity contribution is 5.97. The summed E-state index contributed by atoms with van der Waals surface area (Å²) in [5, 5.41) is 0. The van der Waals surface area contributed by atoms with Gasteiger partial charge in [-0.3, -0.25) is 0 Å². The minimum absolute atomic E-state index is 0.550. The molecule has 2 heteroatoms. The summed E-state index contributed by atoms with van der Waals surface area (Å²) in [6.45, 7) is 1.90. The molecule has 0 amide bonds. The number of allylic oxidation sites excluding steroid dienone is 1. The van der Waals surface area contributed by atoms with Crippen LogP contribution in [0.25, 0.3) is 0 Å². The monoisotopic (exact) mass is 160 g/mol. The van der Waals surface area contributed by atoms with Gasteiger partial charge in [-0.1, -0.05) is 36.4 Å². The Labute approximate surface area is 72.4 Å². The smallest absolute Gasteiger partial charge is 0.130 e. The van der Waals surface area contributed by atoms with E-state index in [4.69, 9.17) is 5.73 Å². The average Bonchev–Trinajstić information content (AvgIpc) is 2.15. The van der Waals surface area contributed by atoms with Crippen LogP contribution in [-0.4, -0.2) is 5.84 Å². The molecule has 0 bridgehead atoms. The second-order valence-electron chi connectivity index (χ2n) is 2.36. The lowest BCUT2D eigenvalue weighted by Gasteiger charge is -1.96. The van der Waals surface area contributed by atoms with E-state index in [0.717, 1.165) is 5.56 Å². The van der Waals surface area contributed by atoms with Gasteiger partial charge in [0.1, 0.15) is 5.84 Å². The number of hydrogen-bond acceptors (Lipinski definition) is 1. The first-order valence-corrected chi connectivity index (χ1v) is 3.84. The van der Waals surface area contributed by atoms with Gasteiger partial charge < -0.3 is 5.73 Å². The van der Waals surface area contributed by atoms with Crippen LogP contribution in [0.2, 0.25) is 0 Å². The van der Waals surface area contributed by atoms with Gasteiger partial charge in [0.2, 0.25) is 0 Å². The lowest BCUT2D eigenvalue weighted by Crippen LogP contribution is -2.12. The standard InChI is InChI=1S/C10H12N2/c1-2-8-12-10(11)9-6-4-3-5-7-9/h2-8H,1H3,(H2,11,12)/b8-2+. The molecule has 0 aliphatic rings. The number of nitrogens with zero attached hydrogens (tertiary/aromatic N) is 1. The molecule has 0 saturated heterocycles. The third kappa shape index (κ3) is 2.23. The summed E-state index contributed by atoms with van der Waals surface area (Å²) in [6, 6.07) is 9.69. The summed E-state index contributed by atoms with van der Waals surface area (Å²) >= 11 is 0. The second-order valence-corrected chi connectivity index (χ2v) is 2.36. The van der Waals surface area contributed by atoms with Crippen LogP contribution in [-0.2, 0) is 0 Å². The van der Waals surface area contributed by atoms with E-state index in [1.54, 1.807) is 6.20 Å². The molecule has 0 atom stereocenters. The molecule has 0 fully saturated rings. The molecule has 1 rings (SSSR count). The largest absolute Gasteiger partial charge is 0.383 e. The van der Waals surface area contributed by atoms with Crippen molar-refractivity contribution in [1.82, 2.24) is 0 Å². The summed E-state index contributed by atoms with van der Waals surface area (Å²) in [4.78, 5) is 4.03. The van der Waals surface area contributed by atoms with Crippen LogP contribution >= 0.6 is 0 Å². The Morgan fingerprint density at radius 3 is 2.58 bits per heavy atom. The molecule has 0 spiro atoms. The van der Waals surface area contributed by atoms with E-state index in [0.29, 0.717) is 5.84 Å². The number of aliphatic imine (C=N–C) groups is 1. The Kier molecular flexibility index (Phi) is 3.08. The van der Waals surface area contributed by atoms with E-state index in [2.05, 4.69) is 4.99 Å². The molecule has 0 aliphatic heterocycles. The Morgan fingerprint density at radius 1 is 1.33 bits per heavy atom. The Balaban J connectivity index is 2.85. The van der Waals surface area contributed by atoms with Gasteiger partial charge in [0.15, 0.2) is 0 Å². The summed E-state index contributed by atoms with van der Waals surface area (Å²) in [7, 11) is 0. The van der Waals surface area contributed by atoms with Gasteiger partial charge >= 0.3 is 0 Å². The predicted molar refractivity (Wildman–Crippen MR) is 52.0 cm³/mol. The van der Waals surface area contributed by atoms with E-state index in [1.165, 1.54) is 0 Å². The molecule has 2 nitrogen and oxygen atoms in total.